The predicted molar refractivity (Wildman–Crippen MR) is 71.3 cm³/mol. The fourth-order valence-corrected chi connectivity index (χ4v) is 1.77. The van der Waals surface area contributed by atoms with Crippen molar-refractivity contribution in [3.8, 4) is 0 Å². The van der Waals surface area contributed by atoms with Crippen molar-refractivity contribution in [1.29, 1.82) is 0 Å². The molecule has 0 aliphatic carbocycles. The van der Waals surface area contributed by atoms with Crippen LogP contribution in [-0.4, -0.2) is 40.7 Å². The molecule has 0 atom stereocenters. The zero-order valence-electron chi connectivity index (χ0n) is 10.7. The number of nitrogens with zero attached hydrogens (tertiary/aromatic N) is 2. The first-order valence-electron chi connectivity index (χ1n) is 5.55. The molecule has 0 saturated heterocycles. The van der Waals surface area contributed by atoms with E-state index in [0.717, 1.165) is 12.3 Å². The number of thioether (sulfide) groups is 1. The number of hydrogen-bond donors (Lipinski definition) is 2. The van der Waals surface area contributed by atoms with Gasteiger partial charge in [0.25, 0.3) is 11.6 Å². The van der Waals surface area contributed by atoms with Crippen molar-refractivity contribution in [2.24, 2.45) is 0 Å². The van der Waals surface area contributed by atoms with E-state index in [-0.39, 0.29) is 35.4 Å². The van der Waals surface area contributed by atoms with Crippen molar-refractivity contribution in [2.75, 3.05) is 24.7 Å². The number of anilines is 1. The number of aromatic nitrogens is 1. The van der Waals surface area contributed by atoms with Crippen molar-refractivity contribution < 1.29 is 22.9 Å². The normalized spacial score (nSPS) is 11.0. The van der Waals surface area contributed by atoms with Crippen molar-refractivity contribution in [1.82, 2.24) is 10.3 Å². The summed E-state index contributed by atoms with van der Waals surface area (Å²) >= 11 is -0.284. The molecule has 0 fully saturated rings. The molecule has 1 aromatic rings. The molecule has 1 rings (SSSR count). The highest BCUT2D eigenvalue weighted by Crippen LogP contribution is 2.29. The zero-order valence-corrected chi connectivity index (χ0v) is 11.5. The largest absolute Gasteiger partial charge is 0.441 e. The topological polar surface area (TPSA) is 97.2 Å². The van der Waals surface area contributed by atoms with Crippen molar-refractivity contribution in [3.05, 3.63) is 27.9 Å². The molecule has 0 saturated carbocycles. The minimum absolute atomic E-state index is 0.232. The monoisotopic (exact) mass is 324 g/mol. The third-order valence-electron chi connectivity index (χ3n) is 2.23. The number of carbonyl (C=O) groups is 1. The predicted octanol–water partition coefficient (Wildman–Crippen LogP) is 2.01. The van der Waals surface area contributed by atoms with Gasteiger partial charge in [-0.3, -0.25) is 14.9 Å². The average molecular weight is 324 g/mol. The van der Waals surface area contributed by atoms with E-state index in [2.05, 4.69) is 15.6 Å². The Morgan fingerprint density at radius 1 is 1.52 bits per heavy atom. The molecule has 1 amide bonds. The SMILES string of the molecule is CNc1cc(C(=O)NCCSC(F)(F)F)c([N+](=O)[O-])cn1. The lowest BCUT2D eigenvalue weighted by molar-refractivity contribution is -0.385. The highest BCUT2D eigenvalue weighted by atomic mass is 32.2. The van der Waals surface area contributed by atoms with Gasteiger partial charge in [0.15, 0.2) is 0 Å². The van der Waals surface area contributed by atoms with E-state index in [9.17, 15) is 28.1 Å². The second-order valence-corrected chi connectivity index (χ2v) is 4.80. The summed E-state index contributed by atoms with van der Waals surface area (Å²) in [7, 11) is 1.51. The van der Waals surface area contributed by atoms with Crippen LogP contribution in [0.2, 0.25) is 0 Å². The lowest BCUT2D eigenvalue weighted by Crippen LogP contribution is -2.27. The maximum Gasteiger partial charge on any atom is 0.441 e. The molecule has 0 aliphatic heterocycles. The smallest absolute Gasteiger partial charge is 0.373 e. The van der Waals surface area contributed by atoms with E-state index in [4.69, 9.17) is 0 Å². The Bertz CT molecular complexity index is 539. The molecule has 0 bridgehead atoms. The molecule has 21 heavy (non-hydrogen) atoms. The van der Waals surface area contributed by atoms with Crippen LogP contribution in [0, 0.1) is 10.1 Å². The first-order chi connectivity index (χ1) is 9.74. The first-order valence-corrected chi connectivity index (χ1v) is 6.54. The standard InChI is InChI=1S/C10H11F3N4O3S/c1-14-8-4-6(7(5-16-8)17(19)20)9(18)15-2-3-21-10(11,12)13/h4-5H,2-3H2,1H3,(H,14,16)(H,15,18). The molecule has 7 nitrogen and oxygen atoms in total. The highest BCUT2D eigenvalue weighted by molar-refractivity contribution is 8.00. The maximum atomic E-state index is 11.9. The van der Waals surface area contributed by atoms with Gasteiger partial charge in [-0.15, -0.1) is 0 Å². The van der Waals surface area contributed by atoms with Crippen LogP contribution in [-0.2, 0) is 0 Å². The van der Waals surface area contributed by atoms with Crippen LogP contribution < -0.4 is 10.6 Å². The van der Waals surface area contributed by atoms with Gasteiger partial charge in [0, 0.05) is 25.4 Å². The highest BCUT2D eigenvalue weighted by Gasteiger charge is 2.28. The van der Waals surface area contributed by atoms with Gasteiger partial charge in [-0.2, -0.15) is 13.2 Å². The summed E-state index contributed by atoms with van der Waals surface area (Å²) in [6, 6.07) is 1.16. The second-order valence-electron chi connectivity index (χ2n) is 3.64. The van der Waals surface area contributed by atoms with Gasteiger partial charge in [-0.25, -0.2) is 4.98 Å². The number of nitro groups is 1. The number of carbonyl (C=O) groups excluding carboxylic acids is 1. The lowest BCUT2D eigenvalue weighted by atomic mass is 10.2. The van der Waals surface area contributed by atoms with Crippen LogP contribution in [0.1, 0.15) is 10.4 Å². The number of pyridine rings is 1. The molecule has 0 spiro atoms. The van der Waals surface area contributed by atoms with Gasteiger partial charge in [-0.1, -0.05) is 0 Å². The minimum Gasteiger partial charge on any atom is -0.373 e. The Labute approximate surface area is 121 Å². The summed E-state index contributed by atoms with van der Waals surface area (Å²) in [5, 5.41) is 15.6. The van der Waals surface area contributed by atoms with Crippen molar-refractivity contribution in [3.63, 3.8) is 0 Å². The number of rotatable bonds is 6. The maximum absolute atomic E-state index is 11.9. The van der Waals surface area contributed by atoms with Crippen LogP contribution in [0.3, 0.4) is 0 Å². The number of nitrogens with one attached hydrogen (secondary N) is 2. The third-order valence-corrected chi connectivity index (χ3v) is 2.97. The quantitative estimate of drug-likeness (QED) is 0.472. The molecule has 0 unspecified atom stereocenters. The summed E-state index contributed by atoms with van der Waals surface area (Å²) in [6.45, 7) is -0.266. The summed E-state index contributed by atoms with van der Waals surface area (Å²) < 4.78 is 35.7. The Balaban J connectivity index is 2.74. The Morgan fingerprint density at radius 2 is 2.19 bits per heavy atom. The molecule has 0 aromatic carbocycles. The molecular formula is C10H11F3N4O3S. The number of halogens is 3. The van der Waals surface area contributed by atoms with Gasteiger partial charge >= 0.3 is 5.51 Å². The molecule has 0 aliphatic rings. The molecule has 116 valence electrons. The van der Waals surface area contributed by atoms with Gasteiger partial charge in [0.2, 0.25) is 0 Å². The van der Waals surface area contributed by atoms with E-state index >= 15 is 0 Å². The number of amides is 1. The van der Waals surface area contributed by atoms with E-state index in [1.54, 1.807) is 0 Å². The molecule has 1 heterocycles. The van der Waals surface area contributed by atoms with Crippen LogP contribution in [0.5, 0.6) is 0 Å². The second kappa shape index (κ2) is 7.11. The number of hydrogen-bond acceptors (Lipinski definition) is 6. The lowest BCUT2D eigenvalue weighted by Gasteiger charge is -2.08. The summed E-state index contributed by atoms with van der Waals surface area (Å²) in [5.41, 5.74) is -5.17. The fourth-order valence-electron chi connectivity index (χ4n) is 1.34. The van der Waals surface area contributed by atoms with Crippen molar-refractivity contribution in [2.45, 2.75) is 5.51 Å². The van der Waals surface area contributed by atoms with Crippen molar-refractivity contribution >= 4 is 29.2 Å². The van der Waals surface area contributed by atoms with Gasteiger partial charge in [0.05, 0.1) is 4.92 Å². The van der Waals surface area contributed by atoms with E-state index < -0.39 is 22.0 Å². The van der Waals surface area contributed by atoms with Gasteiger partial charge in [-0.05, 0) is 11.8 Å². The van der Waals surface area contributed by atoms with Gasteiger partial charge in [0.1, 0.15) is 17.6 Å². The molecule has 2 N–H and O–H groups in total. The van der Waals surface area contributed by atoms with Crippen LogP contribution in [0.25, 0.3) is 0 Å². The molecular weight excluding hydrogens is 313 g/mol. The van der Waals surface area contributed by atoms with Crippen LogP contribution in [0.15, 0.2) is 12.3 Å². The molecule has 11 heteroatoms. The van der Waals surface area contributed by atoms with Crippen LogP contribution >= 0.6 is 11.8 Å². The Kier molecular flexibility index (Phi) is 5.76. The van der Waals surface area contributed by atoms with E-state index in [0.29, 0.717) is 0 Å². The Hall–Kier alpha value is -2.04. The Morgan fingerprint density at radius 3 is 2.71 bits per heavy atom. The van der Waals surface area contributed by atoms with E-state index in [1.807, 2.05) is 0 Å². The third kappa shape index (κ3) is 5.45. The average Bonchev–Trinajstić information content (AvgIpc) is 2.41. The van der Waals surface area contributed by atoms with E-state index in [1.165, 1.54) is 7.05 Å². The zero-order chi connectivity index (χ0) is 16.0. The molecule has 0 radical (unpaired) electrons. The first kappa shape index (κ1) is 17.0. The summed E-state index contributed by atoms with van der Waals surface area (Å²) in [4.78, 5) is 25.5. The number of alkyl halides is 3. The minimum atomic E-state index is -4.38. The van der Waals surface area contributed by atoms with Crippen LogP contribution in [0.4, 0.5) is 24.7 Å². The summed E-state index contributed by atoms with van der Waals surface area (Å²) in [5.74, 6) is -0.980. The summed E-state index contributed by atoms with van der Waals surface area (Å²) in [6.07, 6.45) is 0.908. The van der Waals surface area contributed by atoms with Gasteiger partial charge < -0.3 is 10.6 Å². The molecule has 1 aromatic heterocycles. The fraction of sp³-hybridized carbons (Fsp3) is 0.400.